The van der Waals surface area contributed by atoms with Crippen molar-refractivity contribution in [2.75, 3.05) is 0 Å². The Morgan fingerprint density at radius 2 is 1.90 bits per heavy atom. The molecule has 156 valence electrons. The predicted octanol–water partition coefficient (Wildman–Crippen LogP) is 4.10. The maximum atomic E-state index is 13.3. The van der Waals surface area contributed by atoms with Crippen molar-refractivity contribution in [1.29, 1.82) is 0 Å². The molecule has 1 atom stereocenters. The Bertz CT molecular complexity index is 1070. The molecule has 1 aromatic carbocycles. The third-order valence-electron chi connectivity index (χ3n) is 4.75. The molecule has 0 aliphatic heterocycles. The zero-order valence-electron chi connectivity index (χ0n) is 15.7. The standard InChI is InChI=1S/C19H16ClF3N6O/c1-11(16-26-10-27-29(16)18-24-5-2-6-25-18)28(15-3-4-15)17(30)12-7-13(19(21,22)23)9-14(20)8-12/h2,5-11,15H,3-4H2,1H3. The summed E-state index contributed by atoms with van der Waals surface area (Å²) in [5.74, 6) is 0.128. The van der Waals surface area contributed by atoms with E-state index >= 15 is 0 Å². The van der Waals surface area contributed by atoms with Gasteiger partial charge < -0.3 is 4.90 Å². The van der Waals surface area contributed by atoms with E-state index in [4.69, 9.17) is 11.6 Å². The van der Waals surface area contributed by atoms with Crippen LogP contribution in [0.3, 0.4) is 0 Å². The number of hydrogen-bond donors (Lipinski definition) is 0. The van der Waals surface area contributed by atoms with Gasteiger partial charge in [-0.05, 0) is 44.0 Å². The normalized spacial score (nSPS) is 15.1. The van der Waals surface area contributed by atoms with Crippen LogP contribution in [0.15, 0.2) is 43.0 Å². The highest BCUT2D eigenvalue weighted by molar-refractivity contribution is 6.31. The third kappa shape index (κ3) is 4.00. The number of hydrogen-bond acceptors (Lipinski definition) is 5. The van der Waals surface area contributed by atoms with Gasteiger partial charge in [-0.15, -0.1) is 0 Å². The van der Waals surface area contributed by atoms with Crippen LogP contribution in [-0.4, -0.2) is 41.6 Å². The smallest absolute Gasteiger partial charge is 0.326 e. The van der Waals surface area contributed by atoms with Crippen LogP contribution in [-0.2, 0) is 6.18 Å². The highest BCUT2D eigenvalue weighted by Gasteiger charge is 2.39. The van der Waals surface area contributed by atoms with E-state index in [-0.39, 0.29) is 22.6 Å². The summed E-state index contributed by atoms with van der Waals surface area (Å²) in [6, 6.07) is 3.83. The monoisotopic (exact) mass is 436 g/mol. The summed E-state index contributed by atoms with van der Waals surface area (Å²) < 4.78 is 41.0. The van der Waals surface area contributed by atoms with Crippen molar-refractivity contribution in [3.05, 3.63) is 65.0 Å². The average molecular weight is 437 g/mol. The van der Waals surface area contributed by atoms with Crippen molar-refractivity contribution >= 4 is 17.5 Å². The molecule has 2 aromatic heterocycles. The second-order valence-corrected chi connectivity index (χ2v) is 7.36. The molecular formula is C19H16ClF3N6O. The van der Waals surface area contributed by atoms with Crippen LogP contribution in [0.2, 0.25) is 5.02 Å². The lowest BCUT2D eigenvalue weighted by Gasteiger charge is -2.29. The lowest BCUT2D eigenvalue weighted by molar-refractivity contribution is -0.137. The van der Waals surface area contributed by atoms with Gasteiger partial charge in [-0.3, -0.25) is 4.79 Å². The summed E-state index contributed by atoms with van der Waals surface area (Å²) in [6.45, 7) is 1.74. The number of amides is 1. The Kier molecular flexibility index (Phi) is 5.19. The van der Waals surface area contributed by atoms with E-state index in [1.54, 1.807) is 25.4 Å². The highest BCUT2D eigenvalue weighted by Crippen LogP contribution is 2.37. The SMILES string of the molecule is CC(c1ncnn1-c1ncccn1)N(C(=O)c1cc(Cl)cc(C(F)(F)F)c1)C1CC1. The molecule has 0 radical (unpaired) electrons. The van der Waals surface area contributed by atoms with Crippen LogP contribution in [0, 0.1) is 0 Å². The van der Waals surface area contributed by atoms with Crippen molar-refractivity contribution in [2.24, 2.45) is 0 Å². The summed E-state index contributed by atoms with van der Waals surface area (Å²) in [7, 11) is 0. The molecule has 1 aliphatic rings. The maximum Gasteiger partial charge on any atom is 0.416 e. The summed E-state index contributed by atoms with van der Waals surface area (Å²) in [5, 5.41) is 3.98. The highest BCUT2D eigenvalue weighted by atomic mass is 35.5. The van der Waals surface area contributed by atoms with Gasteiger partial charge in [0.25, 0.3) is 11.9 Å². The molecule has 0 N–H and O–H groups in total. The van der Waals surface area contributed by atoms with E-state index in [1.807, 2.05) is 0 Å². The lowest BCUT2D eigenvalue weighted by Crippen LogP contribution is -2.37. The molecule has 4 rings (SSSR count). The average Bonchev–Trinajstić information content (AvgIpc) is 3.41. The van der Waals surface area contributed by atoms with E-state index in [0.29, 0.717) is 5.82 Å². The molecule has 7 nitrogen and oxygen atoms in total. The van der Waals surface area contributed by atoms with Crippen molar-refractivity contribution in [1.82, 2.24) is 29.6 Å². The van der Waals surface area contributed by atoms with Crippen molar-refractivity contribution in [3.8, 4) is 5.95 Å². The molecule has 1 amide bonds. The van der Waals surface area contributed by atoms with Crippen LogP contribution in [0.5, 0.6) is 0 Å². The molecule has 1 saturated carbocycles. The fourth-order valence-electron chi connectivity index (χ4n) is 3.25. The molecule has 1 fully saturated rings. The first-order valence-corrected chi connectivity index (χ1v) is 9.51. The number of rotatable bonds is 5. The van der Waals surface area contributed by atoms with Gasteiger partial charge in [0.05, 0.1) is 11.6 Å². The van der Waals surface area contributed by atoms with Gasteiger partial charge in [0.1, 0.15) is 6.33 Å². The van der Waals surface area contributed by atoms with Gasteiger partial charge >= 0.3 is 6.18 Å². The van der Waals surface area contributed by atoms with Gasteiger partial charge in [0, 0.05) is 29.0 Å². The minimum atomic E-state index is -4.61. The van der Waals surface area contributed by atoms with Gasteiger partial charge in [-0.1, -0.05) is 11.6 Å². The summed E-state index contributed by atoms with van der Waals surface area (Å²) in [6.07, 6.45) is 1.30. The molecular weight excluding hydrogens is 421 g/mol. The number of benzene rings is 1. The van der Waals surface area contributed by atoms with Gasteiger partial charge in [-0.2, -0.15) is 23.0 Å². The van der Waals surface area contributed by atoms with E-state index < -0.39 is 23.7 Å². The van der Waals surface area contributed by atoms with Crippen LogP contribution >= 0.6 is 11.6 Å². The quantitative estimate of drug-likeness (QED) is 0.602. The van der Waals surface area contributed by atoms with E-state index in [2.05, 4.69) is 20.1 Å². The van der Waals surface area contributed by atoms with Crippen LogP contribution < -0.4 is 0 Å². The zero-order chi connectivity index (χ0) is 21.5. The molecule has 0 saturated heterocycles. The first kappa shape index (κ1) is 20.3. The van der Waals surface area contributed by atoms with Crippen molar-refractivity contribution in [3.63, 3.8) is 0 Å². The van der Waals surface area contributed by atoms with Crippen LogP contribution in [0.25, 0.3) is 5.95 Å². The summed E-state index contributed by atoms with van der Waals surface area (Å²) in [4.78, 5) is 27.3. The predicted molar refractivity (Wildman–Crippen MR) is 101 cm³/mol. The number of nitrogens with zero attached hydrogens (tertiary/aromatic N) is 6. The molecule has 1 aliphatic carbocycles. The third-order valence-corrected chi connectivity index (χ3v) is 4.97. The Balaban J connectivity index is 1.70. The van der Waals surface area contributed by atoms with Crippen molar-refractivity contribution in [2.45, 2.75) is 38.0 Å². The summed E-state index contributed by atoms with van der Waals surface area (Å²) >= 11 is 5.87. The van der Waals surface area contributed by atoms with Crippen molar-refractivity contribution < 1.29 is 18.0 Å². The minimum Gasteiger partial charge on any atom is -0.326 e. The molecule has 2 heterocycles. The molecule has 1 unspecified atom stereocenters. The summed E-state index contributed by atoms with van der Waals surface area (Å²) in [5.41, 5.74) is -1.10. The van der Waals surface area contributed by atoms with E-state index in [1.165, 1.54) is 22.0 Å². The van der Waals surface area contributed by atoms with Gasteiger partial charge in [0.15, 0.2) is 5.82 Å². The van der Waals surface area contributed by atoms with E-state index in [0.717, 1.165) is 25.0 Å². The van der Waals surface area contributed by atoms with E-state index in [9.17, 15) is 18.0 Å². The fourth-order valence-corrected chi connectivity index (χ4v) is 3.49. The molecule has 0 spiro atoms. The Morgan fingerprint density at radius 3 is 2.53 bits per heavy atom. The molecule has 11 heteroatoms. The first-order valence-electron chi connectivity index (χ1n) is 9.13. The number of carbonyl (C=O) groups excluding carboxylic acids is 1. The number of alkyl halides is 3. The first-order chi connectivity index (χ1) is 14.3. The lowest BCUT2D eigenvalue weighted by atomic mass is 10.1. The number of aromatic nitrogens is 5. The van der Waals surface area contributed by atoms with Crippen LogP contribution in [0.4, 0.5) is 13.2 Å². The molecule has 30 heavy (non-hydrogen) atoms. The largest absolute Gasteiger partial charge is 0.416 e. The second kappa shape index (κ2) is 7.67. The fraction of sp³-hybridized carbons (Fsp3) is 0.316. The number of carbonyl (C=O) groups is 1. The van der Waals surface area contributed by atoms with Crippen LogP contribution in [0.1, 0.15) is 47.6 Å². The number of halogens is 4. The Labute approximate surface area is 174 Å². The molecule has 0 bridgehead atoms. The second-order valence-electron chi connectivity index (χ2n) is 6.92. The minimum absolute atomic E-state index is 0.109. The Morgan fingerprint density at radius 1 is 1.20 bits per heavy atom. The van der Waals surface area contributed by atoms with Gasteiger partial charge in [-0.25, -0.2) is 15.0 Å². The maximum absolute atomic E-state index is 13.3. The topological polar surface area (TPSA) is 76.8 Å². The van der Waals surface area contributed by atoms with Gasteiger partial charge in [0.2, 0.25) is 0 Å². The Hall–Kier alpha value is -3.01. The molecule has 3 aromatic rings. The zero-order valence-corrected chi connectivity index (χ0v) is 16.5.